The van der Waals surface area contributed by atoms with Crippen molar-refractivity contribution < 1.29 is 19.1 Å². The smallest absolute Gasteiger partial charge is 0.325 e. The summed E-state index contributed by atoms with van der Waals surface area (Å²) in [6, 6.07) is 7.19. The second-order valence-electron chi connectivity index (χ2n) is 9.54. The fraction of sp³-hybridized carbons (Fsp3) is 0.333. The van der Waals surface area contributed by atoms with Crippen molar-refractivity contribution >= 4 is 24.0 Å². The molecule has 0 spiro atoms. The maximum absolute atomic E-state index is 13.2. The highest BCUT2D eigenvalue weighted by atomic mass is 16.7. The van der Waals surface area contributed by atoms with Crippen LogP contribution in [-0.4, -0.2) is 93.2 Å². The maximum atomic E-state index is 13.2. The number of hydrogen-bond donors (Lipinski definition) is 1. The average molecular weight is 544 g/mol. The lowest BCUT2D eigenvalue weighted by molar-refractivity contribution is -0.121. The van der Waals surface area contributed by atoms with Gasteiger partial charge in [-0.1, -0.05) is 6.07 Å². The fourth-order valence-electron chi connectivity index (χ4n) is 4.93. The molecule has 3 aliphatic heterocycles. The van der Waals surface area contributed by atoms with E-state index in [1.807, 2.05) is 24.3 Å². The van der Waals surface area contributed by atoms with Gasteiger partial charge in [0.2, 0.25) is 18.6 Å². The van der Waals surface area contributed by atoms with E-state index in [-0.39, 0.29) is 37.9 Å². The molecule has 0 bridgehead atoms. The number of amides is 3. The molecule has 1 atom stereocenters. The van der Waals surface area contributed by atoms with Gasteiger partial charge in [0, 0.05) is 63.6 Å². The van der Waals surface area contributed by atoms with Crippen molar-refractivity contribution in [3.63, 3.8) is 0 Å². The van der Waals surface area contributed by atoms with Gasteiger partial charge in [-0.05, 0) is 36.3 Å². The number of fused-ring (bicyclic) bond motifs is 1. The van der Waals surface area contributed by atoms with Crippen LogP contribution < -0.4 is 19.7 Å². The molecule has 40 heavy (non-hydrogen) atoms. The number of imidazole rings is 1. The van der Waals surface area contributed by atoms with Crippen molar-refractivity contribution in [2.45, 2.75) is 18.9 Å². The normalized spacial score (nSPS) is 17.8. The Bertz CT molecular complexity index is 1430. The van der Waals surface area contributed by atoms with Crippen molar-refractivity contribution in [1.82, 2.24) is 34.6 Å². The van der Waals surface area contributed by atoms with Gasteiger partial charge in [0.15, 0.2) is 11.5 Å². The second-order valence-corrected chi connectivity index (χ2v) is 9.54. The molecule has 1 saturated heterocycles. The number of rotatable bonds is 7. The van der Waals surface area contributed by atoms with Gasteiger partial charge in [0.05, 0.1) is 6.04 Å². The van der Waals surface area contributed by atoms with Crippen LogP contribution in [0, 0.1) is 0 Å². The molecule has 13 nitrogen and oxygen atoms in total. The van der Waals surface area contributed by atoms with E-state index in [1.165, 1.54) is 0 Å². The van der Waals surface area contributed by atoms with Gasteiger partial charge >= 0.3 is 6.03 Å². The molecule has 1 N–H and O–H groups in total. The second kappa shape index (κ2) is 11.4. The van der Waals surface area contributed by atoms with E-state index in [0.717, 1.165) is 17.1 Å². The predicted molar refractivity (Wildman–Crippen MR) is 145 cm³/mol. The first-order valence-electron chi connectivity index (χ1n) is 13.1. The number of aliphatic imine (C=N–C) groups is 1. The first-order chi connectivity index (χ1) is 19.6. The summed E-state index contributed by atoms with van der Waals surface area (Å²) in [5, 5.41) is 3.03. The van der Waals surface area contributed by atoms with Gasteiger partial charge in [-0.15, -0.1) is 0 Å². The third kappa shape index (κ3) is 5.58. The van der Waals surface area contributed by atoms with Crippen LogP contribution in [0.3, 0.4) is 0 Å². The van der Waals surface area contributed by atoms with Gasteiger partial charge in [-0.25, -0.2) is 14.8 Å². The summed E-state index contributed by atoms with van der Waals surface area (Å²) in [7, 11) is 0. The standard InChI is InChI=1S/C27H29N9O4/c37-25(30-7-4-20-2-3-22-23(14-20)40-19-39-22)15-21-16-33(27(38)35-10-1-6-28-18-35)12-13-36(21)24-5-8-31-26(32-24)34-11-9-29-17-34/h1-3,5-6,8-11,14,17,21H,4,7,12-13,15-16,18-19H2,(H,30,37). The van der Waals surface area contributed by atoms with Crippen LogP contribution in [0.2, 0.25) is 0 Å². The molecule has 13 heteroatoms. The number of urea groups is 1. The topological polar surface area (TPSA) is 130 Å². The van der Waals surface area contributed by atoms with Crippen LogP contribution in [0.1, 0.15) is 12.0 Å². The molecular weight excluding hydrogens is 514 g/mol. The van der Waals surface area contributed by atoms with Gasteiger partial charge < -0.3 is 24.6 Å². The van der Waals surface area contributed by atoms with E-state index in [9.17, 15) is 9.59 Å². The van der Waals surface area contributed by atoms with Crippen LogP contribution in [0.25, 0.3) is 5.95 Å². The number of carbonyl (C=O) groups is 2. The van der Waals surface area contributed by atoms with Crippen molar-refractivity contribution in [2.24, 2.45) is 4.99 Å². The third-order valence-electron chi connectivity index (χ3n) is 6.94. The number of nitrogens with one attached hydrogen (secondary N) is 1. The molecule has 3 aliphatic rings. The van der Waals surface area contributed by atoms with Crippen LogP contribution in [0.5, 0.6) is 11.5 Å². The third-order valence-corrected chi connectivity index (χ3v) is 6.94. The van der Waals surface area contributed by atoms with E-state index in [2.05, 4.69) is 25.2 Å². The minimum atomic E-state index is -0.286. The highest BCUT2D eigenvalue weighted by Crippen LogP contribution is 2.32. The summed E-state index contributed by atoms with van der Waals surface area (Å²) >= 11 is 0. The van der Waals surface area contributed by atoms with E-state index < -0.39 is 0 Å². The number of aromatic nitrogens is 4. The zero-order chi connectivity index (χ0) is 27.3. The van der Waals surface area contributed by atoms with Gasteiger partial charge in [-0.3, -0.25) is 19.3 Å². The summed E-state index contributed by atoms with van der Waals surface area (Å²) in [5.41, 5.74) is 1.05. The Morgan fingerprint density at radius 1 is 1.10 bits per heavy atom. The SMILES string of the molecule is O=C(CC1CN(C(=O)N2C=CC=NC2)CCN1c1ccnc(-n2ccnc2)n1)NCCc1ccc2c(c1)OCO2. The number of nitrogens with zero attached hydrogens (tertiary/aromatic N) is 8. The first kappa shape index (κ1) is 25.3. The van der Waals surface area contributed by atoms with Crippen LogP contribution in [-0.2, 0) is 11.2 Å². The van der Waals surface area contributed by atoms with Crippen LogP contribution >= 0.6 is 0 Å². The van der Waals surface area contributed by atoms with E-state index in [4.69, 9.17) is 14.5 Å². The van der Waals surface area contributed by atoms with E-state index in [0.29, 0.717) is 44.4 Å². The van der Waals surface area contributed by atoms with Crippen molar-refractivity contribution in [3.8, 4) is 17.4 Å². The van der Waals surface area contributed by atoms with Crippen LogP contribution in [0.4, 0.5) is 10.6 Å². The minimum absolute atomic E-state index is 0.101. The Labute approximate surface area is 230 Å². The molecule has 3 amide bonds. The summed E-state index contributed by atoms with van der Waals surface area (Å²) in [6.07, 6.45) is 12.7. The lowest BCUT2D eigenvalue weighted by Gasteiger charge is -2.42. The summed E-state index contributed by atoms with van der Waals surface area (Å²) in [5.74, 6) is 2.53. The number of hydrogen-bond acceptors (Lipinski definition) is 9. The van der Waals surface area contributed by atoms with Gasteiger partial charge in [-0.2, -0.15) is 4.98 Å². The van der Waals surface area contributed by atoms with Crippen LogP contribution in [0.15, 0.2) is 66.5 Å². The minimum Gasteiger partial charge on any atom is -0.454 e. The number of anilines is 1. The highest BCUT2D eigenvalue weighted by Gasteiger charge is 2.33. The average Bonchev–Trinajstić information content (AvgIpc) is 3.70. The molecule has 0 radical (unpaired) electrons. The molecule has 0 saturated carbocycles. The van der Waals surface area contributed by atoms with E-state index >= 15 is 0 Å². The number of benzene rings is 1. The van der Waals surface area contributed by atoms with Gasteiger partial charge in [0.25, 0.3) is 0 Å². The first-order valence-corrected chi connectivity index (χ1v) is 13.1. The Morgan fingerprint density at radius 2 is 2.02 bits per heavy atom. The summed E-state index contributed by atoms with van der Waals surface area (Å²) < 4.78 is 12.5. The lowest BCUT2D eigenvalue weighted by Crippen LogP contribution is -2.58. The zero-order valence-corrected chi connectivity index (χ0v) is 21.8. The predicted octanol–water partition coefficient (Wildman–Crippen LogP) is 1.61. The van der Waals surface area contributed by atoms with Crippen molar-refractivity contribution in [3.05, 3.63) is 67.0 Å². The molecule has 206 valence electrons. The Balaban J connectivity index is 1.14. The van der Waals surface area contributed by atoms with Crippen molar-refractivity contribution in [1.29, 1.82) is 0 Å². The Morgan fingerprint density at radius 3 is 2.88 bits per heavy atom. The molecule has 0 aliphatic carbocycles. The fourth-order valence-corrected chi connectivity index (χ4v) is 4.93. The zero-order valence-electron chi connectivity index (χ0n) is 21.8. The lowest BCUT2D eigenvalue weighted by atomic mass is 10.1. The van der Waals surface area contributed by atoms with E-state index in [1.54, 1.807) is 57.8 Å². The molecule has 6 rings (SSSR count). The maximum Gasteiger partial charge on any atom is 0.325 e. The number of carbonyl (C=O) groups excluding carboxylic acids is 2. The highest BCUT2D eigenvalue weighted by molar-refractivity contribution is 5.80. The van der Waals surface area contributed by atoms with Gasteiger partial charge in [0.1, 0.15) is 18.8 Å². The number of allylic oxidation sites excluding steroid dienone is 1. The summed E-state index contributed by atoms with van der Waals surface area (Å²) in [4.78, 5) is 49.1. The molecule has 2 aromatic heterocycles. The molecule has 1 unspecified atom stereocenters. The Kier molecular flexibility index (Phi) is 7.24. The number of ether oxygens (including phenoxy) is 2. The quantitative estimate of drug-likeness (QED) is 0.476. The monoisotopic (exact) mass is 543 g/mol. The molecule has 1 fully saturated rings. The number of piperazine rings is 1. The molecular formula is C27H29N9O4. The summed E-state index contributed by atoms with van der Waals surface area (Å²) in [6.45, 7) is 2.35. The molecule has 5 heterocycles. The Hall–Kier alpha value is -4.94. The van der Waals surface area contributed by atoms with Crippen molar-refractivity contribution in [2.75, 3.05) is 44.5 Å². The molecule has 1 aromatic carbocycles. The largest absolute Gasteiger partial charge is 0.454 e. The molecule has 3 aromatic rings.